The largest absolute Gasteiger partial charge is 0.401 e. The Morgan fingerprint density at radius 1 is 1.03 bits per heavy atom. The van der Waals surface area contributed by atoms with Gasteiger partial charge in [0.25, 0.3) is 8.32 Å². The summed E-state index contributed by atoms with van der Waals surface area (Å²) in [6, 6.07) is 20.9. The Hall–Kier alpha value is -1.77. The molecule has 4 nitrogen and oxygen atoms in total. The van der Waals surface area contributed by atoms with Crippen molar-refractivity contribution in [1.82, 2.24) is 4.98 Å². The van der Waals surface area contributed by atoms with Crippen LogP contribution in [0.15, 0.2) is 65.3 Å². The Bertz CT molecular complexity index is 1140. The SMILES string of the molecule is C[C@@H]1CN(c2c(CO[Si](c3ccccc3)(c3ccccc3)C(C)(C)C)nc(Br)c(F)c2Cl)C[C@H](C)O1. The lowest BCUT2D eigenvalue weighted by Gasteiger charge is -2.43. The number of aromatic nitrogens is 1. The van der Waals surface area contributed by atoms with Crippen molar-refractivity contribution in [2.75, 3.05) is 18.0 Å². The highest BCUT2D eigenvalue weighted by Crippen LogP contribution is 2.40. The number of ether oxygens (including phenoxy) is 1. The van der Waals surface area contributed by atoms with E-state index in [9.17, 15) is 4.39 Å². The molecule has 2 heterocycles. The maximum Gasteiger partial charge on any atom is 0.261 e. The van der Waals surface area contributed by atoms with E-state index >= 15 is 0 Å². The summed E-state index contributed by atoms with van der Waals surface area (Å²) in [6.45, 7) is 12.1. The van der Waals surface area contributed by atoms with Crippen LogP contribution in [-0.4, -0.2) is 38.6 Å². The molecule has 0 saturated carbocycles. The summed E-state index contributed by atoms with van der Waals surface area (Å²) in [4.78, 5) is 6.68. The van der Waals surface area contributed by atoms with E-state index in [1.54, 1.807) is 0 Å². The van der Waals surface area contributed by atoms with Crippen molar-refractivity contribution in [2.45, 2.75) is 58.5 Å². The highest BCUT2D eigenvalue weighted by molar-refractivity contribution is 9.10. The average molecular weight is 592 g/mol. The minimum atomic E-state index is -2.82. The first-order chi connectivity index (χ1) is 17.0. The maximum atomic E-state index is 15.0. The van der Waals surface area contributed by atoms with Crippen LogP contribution in [0.5, 0.6) is 0 Å². The van der Waals surface area contributed by atoms with Gasteiger partial charge in [-0.05, 0) is 45.2 Å². The molecule has 0 spiro atoms. The first kappa shape index (κ1) is 27.3. The average Bonchev–Trinajstić information content (AvgIpc) is 2.83. The molecule has 192 valence electrons. The molecule has 0 radical (unpaired) electrons. The van der Waals surface area contributed by atoms with Crippen molar-refractivity contribution in [1.29, 1.82) is 0 Å². The van der Waals surface area contributed by atoms with E-state index < -0.39 is 14.1 Å². The zero-order chi connectivity index (χ0) is 26.1. The van der Waals surface area contributed by atoms with Crippen molar-refractivity contribution >= 4 is 51.9 Å². The van der Waals surface area contributed by atoms with E-state index in [0.717, 1.165) is 0 Å². The third-order valence-corrected chi connectivity index (χ3v) is 12.5. The lowest BCUT2D eigenvalue weighted by molar-refractivity contribution is -0.00535. The number of rotatable bonds is 6. The number of morpholine rings is 1. The molecule has 0 bridgehead atoms. The third kappa shape index (κ3) is 5.27. The molecule has 36 heavy (non-hydrogen) atoms. The van der Waals surface area contributed by atoms with Gasteiger partial charge in [0.2, 0.25) is 0 Å². The predicted molar refractivity (Wildman–Crippen MR) is 152 cm³/mol. The van der Waals surface area contributed by atoms with Crippen LogP contribution in [0.1, 0.15) is 40.3 Å². The molecule has 0 N–H and O–H groups in total. The van der Waals surface area contributed by atoms with Crippen LogP contribution in [0.25, 0.3) is 0 Å². The van der Waals surface area contributed by atoms with Gasteiger partial charge in [0.1, 0.15) is 9.63 Å². The smallest absolute Gasteiger partial charge is 0.261 e. The molecule has 1 fully saturated rings. The molecular weight excluding hydrogens is 559 g/mol. The maximum absolute atomic E-state index is 15.0. The topological polar surface area (TPSA) is 34.6 Å². The van der Waals surface area contributed by atoms with E-state index in [0.29, 0.717) is 24.5 Å². The number of benzene rings is 2. The molecule has 1 aliphatic heterocycles. The van der Waals surface area contributed by atoms with Crippen LogP contribution >= 0.6 is 27.5 Å². The molecule has 2 atom stereocenters. The fourth-order valence-electron chi connectivity index (χ4n) is 5.26. The first-order valence-electron chi connectivity index (χ1n) is 12.2. The number of nitrogens with zero attached hydrogens (tertiary/aromatic N) is 2. The Morgan fingerprint density at radius 2 is 1.53 bits per heavy atom. The zero-order valence-electron chi connectivity index (χ0n) is 21.4. The van der Waals surface area contributed by atoms with Gasteiger partial charge < -0.3 is 14.1 Å². The van der Waals surface area contributed by atoms with Crippen molar-refractivity contribution in [3.63, 3.8) is 0 Å². The van der Waals surface area contributed by atoms with E-state index in [1.165, 1.54) is 10.4 Å². The van der Waals surface area contributed by atoms with Gasteiger partial charge in [0.05, 0.1) is 30.2 Å². The fraction of sp³-hybridized carbons (Fsp3) is 0.393. The predicted octanol–water partition coefficient (Wildman–Crippen LogP) is 6.33. The van der Waals surface area contributed by atoms with Gasteiger partial charge in [-0.1, -0.05) is 93.0 Å². The molecule has 4 rings (SSSR count). The normalized spacial score (nSPS) is 18.9. The highest BCUT2D eigenvalue weighted by atomic mass is 79.9. The van der Waals surface area contributed by atoms with E-state index in [-0.39, 0.29) is 33.5 Å². The molecular formula is C28H33BrClFN2O2Si. The highest BCUT2D eigenvalue weighted by Gasteiger charge is 2.50. The minimum absolute atomic E-state index is 0.0121. The molecule has 0 unspecified atom stereocenters. The van der Waals surface area contributed by atoms with Gasteiger partial charge in [0.15, 0.2) is 5.82 Å². The Balaban J connectivity index is 1.84. The number of hydrogen-bond donors (Lipinski definition) is 0. The second-order valence-corrected chi connectivity index (χ2v) is 15.9. The molecule has 3 aromatic rings. The standard InChI is InChI=1S/C28H33BrClFN2O2Si/c1-19-16-33(17-20(2)35-19)26-23(32-27(29)25(31)24(26)30)18-34-36(28(3,4)5,21-12-8-6-9-13-21)22-14-10-7-11-15-22/h6-15,19-20H,16-18H2,1-5H3/t19-,20+. The summed E-state index contributed by atoms with van der Waals surface area (Å²) in [6.07, 6.45) is -0.0241. The summed E-state index contributed by atoms with van der Waals surface area (Å²) in [5.41, 5.74) is 1.19. The van der Waals surface area contributed by atoms with Crippen LogP contribution in [0.3, 0.4) is 0 Å². The molecule has 1 aliphatic rings. The molecule has 2 aromatic carbocycles. The third-order valence-electron chi connectivity index (χ3n) is 6.67. The zero-order valence-corrected chi connectivity index (χ0v) is 24.7. The van der Waals surface area contributed by atoms with E-state index in [4.69, 9.17) is 20.8 Å². The van der Waals surface area contributed by atoms with Crippen LogP contribution in [0, 0.1) is 5.82 Å². The molecule has 0 aliphatic carbocycles. The van der Waals surface area contributed by atoms with E-state index in [1.807, 2.05) is 26.0 Å². The van der Waals surface area contributed by atoms with Gasteiger partial charge in [-0.2, -0.15) is 0 Å². The van der Waals surface area contributed by atoms with Crippen molar-refractivity contribution in [2.24, 2.45) is 0 Å². The van der Waals surface area contributed by atoms with Crippen LogP contribution in [0.4, 0.5) is 10.1 Å². The molecule has 1 aromatic heterocycles. The van der Waals surface area contributed by atoms with Crippen molar-refractivity contribution in [3.05, 3.63) is 81.8 Å². The summed E-state index contributed by atoms with van der Waals surface area (Å²) in [5, 5.41) is 2.20. The Labute approximate surface area is 228 Å². The van der Waals surface area contributed by atoms with Crippen molar-refractivity contribution in [3.8, 4) is 0 Å². The molecule has 0 amide bonds. The number of pyridine rings is 1. The summed E-state index contributed by atoms with van der Waals surface area (Å²) in [5.74, 6) is -0.562. The monoisotopic (exact) mass is 590 g/mol. The Kier molecular flexibility index (Phi) is 8.27. The molecule has 8 heteroatoms. The minimum Gasteiger partial charge on any atom is -0.401 e. The fourth-order valence-corrected chi connectivity index (χ4v) is 10.6. The van der Waals surface area contributed by atoms with Crippen LogP contribution in [-0.2, 0) is 15.8 Å². The Morgan fingerprint density at radius 3 is 2.00 bits per heavy atom. The lowest BCUT2D eigenvalue weighted by atomic mass is 10.2. The van der Waals surface area contributed by atoms with Gasteiger partial charge in [-0.25, -0.2) is 9.37 Å². The quantitative estimate of drug-likeness (QED) is 0.248. The number of hydrogen-bond acceptors (Lipinski definition) is 4. The first-order valence-corrected chi connectivity index (χ1v) is 15.3. The van der Waals surface area contributed by atoms with Gasteiger partial charge in [0, 0.05) is 13.1 Å². The van der Waals surface area contributed by atoms with Gasteiger partial charge >= 0.3 is 0 Å². The van der Waals surface area contributed by atoms with Gasteiger partial charge in [-0.15, -0.1) is 0 Å². The van der Waals surface area contributed by atoms with Gasteiger partial charge in [-0.3, -0.25) is 0 Å². The second kappa shape index (κ2) is 10.9. The number of halogens is 3. The van der Waals surface area contributed by atoms with Crippen molar-refractivity contribution < 1.29 is 13.6 Å². The molecule has 1 saturated heterocycles. The summed E-state index contributed by atoms with van der Waals surface area (Å²) in [7, 11) is -2.82. The van der Waals surface area contributed by atoms with Crippen LogP contribution < -0.4 is 15.3 Å². The summed E-state index contributed by atoms with van der Waals surface area (Å²) < 4.78 is 28.1. The van der Waals surface area contributed by atoms with Crippen LogP contribution in [0.2, 0.25) is 10.1 Å². The lowest BCUT2D eigenvalue weighted by Crippen LogP contribution is -2.66. The number of anilines is 1. The van der Waals surface area contributed by atoms with E-state index in [2.05, 4.69) is 95.1 Å². The summed E-state index contributed by atoms with van der Waals surface area (Å²) >= 11 is 9.91. The second-order valence-electron chi connectivity index (χ2n) is 10.4.